The van der Waals surface area contributed by atoms with E-state index in [1.165, 1.54) is 30.3 Å². The number of aryl methyl sites for hydroxylation is 1. The van der Waals surface area contributed by atoms with Gasteiger partial charge in [0.2, 0.25) is 0 Å². The minimum absolute atomic E-state index is 0.0863. The first-order valence-corrected chi connectivity index (χ1v) is 11.1. The Morgan fingerprint density at radius 3 is 2.29 bits per heavy atom. The van der Waals surface area contributed by atoms with Gasteiger partial charge in [-0.15, -0.1) is 0 Å². The van der Waals surface area contributed by atoms with Crippen LogP contribution in [0.5, 0.6) is 0 Å². The zero-order chi connectivity index (χ0) is 22.4. The predicted octanol–water partition coefficient (Wildman–Crippen LogP) is 4.22. The molecule has 0 heterocycles. The van der Waals surface area contributed by atoms with E-state index in [2.05, 4.69) is 10.0 Å². The molecule has 0 fully saturated rings. The van der Waals surface area contributed by atoms with Gasteiger partial charge in [0.1, 0.15) is 0 Å². The molecular formula is C23H22N2O5S. The molecule has 0 spiro atoms. The monoisotopic (exact) mass is 438 g/mol. The maximum absolute atomic E-state index is 13.0. The quantitative estimate of drug-likeness (QED) is 0.538. The zero-order valence-corrected chi connectivity index (χ0v) is 17.9. The normalized spacial score (nSPS) is 10.9. The summed E-state index contributed by atoms with van der Waals surface area (Å²) in [5.74, 6) is -1.01. The molecular weight excluding hydrogens is 416 g/mol. The number of para-hydroxylation sites is 1. The minimum Gasteiger partial charge on any atom is -0.462 e. The Kier molecular flexibility index (Phi) is 6.71. The van der Waals surface area contributed by atoms with Crippen LogP contribution in [0.3, 0.4) is 0 Å². The smallest absolute Gasteiger partial charge is 0.338 e. The van der Waals surface area contributed by atoms with Crippen molar-refractivity contribution in [3.05, 3.63) is 89.5 Å². The highest BCUT2D eigenvalue weighted by molar-refractivity contribution is 7.92. The van der Waals surface area contributed by atoms with Gasteiger partial charge in [-0.25, -0.2) is 13.2 Å². The van der Waals surface area contributed by atoms with Crippen LogP contribution in [-0.4, -0.2) is 26.9 Å². The number of benzene rings is 3. The summed E-state index contributed by atoms with van der Waals surface area (Å²) in [7, 11) is -3.87. The van der Waals surface area contributed by atoms with Crippen LogP contribution in [0.4, 0.5) is 11.4 Å². The van der Waals surface area contributed by atoms with Crippen molar-refractivity contribution in [2.45, 2.75) is 18.7 Å². The number of nitrogens with one attached hydrogen (secondary N) is 2. The average molecular weight is 439 g/mol. The van der Waals surface area contributed by atoms with Gasteiger partial charge in [-0.05, 0) is 55.8 Å². The fourth-order valence-electron chi connectivity index (χ4n) is 2.86. The highest BCUT2D eigenvalue weighted by atomic mass is 32.2. The predicted molar refractivity (Wildman–Crippen MR) is 119 cm³/mol. The summed E-state index contributed by atoms with van der Waals surface area (Å²) in [5, 5.41) is 2.75. The fourth-order valence-corrected chi connectivity index (χ4v) is 3.96. The van der Waals surface area contributed by atoms with Gasteiger partial charge in [0.25, 0.3) is 15.9 Å². The van der Waals surface area contributed by atoms with Crippen molar-refractivity contribution in [1.82, 2.24) is 0 Å². The molecule has 3 aromatic rings. The SMILES string of the molecule is CCOC(=O)c1ccc(C)c(NC(=O)c2ccccc2NS(=O)(=O)c2ccccc2)c1. The fraction of sp³-hybridized carbons (Fsp3) is 0.130. The molecule has 0 unspecified atom stereocenters. The number of hydrogen-bond acceptors (Lipinski definition) is 5. The first-order chi connectivity index (χ1) is 14.8. The van der Waals surface area contributed by atoms with Crippen molar-refractivity contribution in [2.24, 2.45) is 0 Å². The van der Waals surface area contributed by atoms with Crippen LogP contribution in [0.1, 0.15) is 33.2 Å². The van der Waals surface area contributed by atoms with E-state index in [0.29, 0.717) is 11.3 Å². The number of carbonyl (C=O) groups is 2. The topological polar surface area (TPSA) is 102 Å². The molecule has 3 rings (SSSR count). The molecule has 7 nitrogen and oxygen atoms in total. The maximum Gasteiger partial charge on any atom is 0.338 e. The van der Waals surface area contributed by atoms with Crippen molar-refractivity contribution in [1.29, 1.82) is 0 Å². The number of anilines is 2. The Hall–Kier alpha value is -3.65. The third-order valence-corrected chi connectivity index (χ3v) is 5.85. The van der Waals surface area contributed by atoms with Gasteiger partial charge < -0.3 is 10.1 Å². The van der Waals surface area contributed by atoms with Gasteiger partial charge in [0.15, 0.2) is 0 Å². The molecule has 0 aliphatic heterocycles. The van der Waals surface area contributed by atoms with Gasteiger partial charge in [-0.2, -0.15) is 0 Å². The summed E-state index contributed by atoms with van der Waals surface area (Å²) in [6.07, 6.45) is 0. The van der Waals surface area contributed by atoms with Crippen molar-refractivity contribution in [3.8, 4) is 0 Å². The molecule has 3 aromatic carbocycles. The number of ether oxygens (including phenoxy) is 1. The Morgan fingerprint density at radius 1 is 0.903 bits per heavy atom. The second-order valence-electron chi connectivity index (χ2n) is 6.67. The summed E-state index contributed by atoms with van der Waals surface area (Å²) in [5.41, 5.74) is 1.76. The van der Waals surface area contributed by atoms with Crippen molar-refractivity contribution < 1.29 is 22.7 Å². The van der Waals surface area contributed by atoms with Crippen molar-refractivity contribution in [3.63, 3.8) is 0 Å². The number of esters is 1. The van der Waals surface area contributed by atoms with E-state index in [4.69, 9.17) is 4.74 Å². The lowest BCUT2D eigenvalue weighted by Gasteiger charge is -2.14. The Bertz CT molecular complexity index is 1210. The number of amides is 1. The highest BCUT2D eigenvalue weighted by Crippen LogP contribution is 2.23. The molecule has 0 radical (unpaired) electrons. The van der Waals surface area contributed by atoms with Crippen LogP contribution in [0.25, 0.3) is 0 Å². The lowest BCUT2D eigenvalue weighted by Crippen LogP contribution is -2.19. The second kappa shape index (κ2) is 9.44. The van der Waals surface area contributed by atoms with Crippen molar-refractivity contribution >= 4 is 33.3 Å². The van der Waals surface area contributed by atoms with Crippen LogP contribution in [-0.2, 0) is 14.8 Å². The van der Waals surface area contributed by atoms with Crippen LogP contribution < -0.4 is 10.0 Å². The molecule has 0 saturated carbocycles. The number of rotatable bonds is 7. The maximum atomic E-state index is 13.0. The molecule has 8 heteroatoms. The number of sulfonamides is 1. The molecule has 2 N–H and O–H groups in total. The molecule has 0 atom stereocenters. The summed E-state index contributed by atoms with van der Waals surface area (Å²) in [6.45, 7) is 3.74. The third-order valence-electron chi connectivity index (χ3n) is 4.47. The minimum atomic E-state index is -3.87. The Morgan fingerprint density at radius 2 is 1.58 bits per heavy atom. The summed E-state index contributed by atoms with van der Waals surface area (Å²) < 4.78 is 32.8. The zero-order valence-electron chi connectivity index (χ0n) is 17.1. The van der Waals surface area contributed by atoms with Gasteiger partial charge in [0.05, 0.1) is 28.3 Å². The molecule has 0 saturated heterocycles. The van der Waals surface area contributed by atoms with Gasteiger partial charge >= 0.3 is 5.97 Å². The molecule has 31 heavy (non-hydrogen) atoms. The molecule has 1 amide bonds. The first-order valence-electron chi connectivity index (χ1n) is 9.58. The summed E-state index contributed by atoms with van der Waals surface area (Å²) >= 11 is 0. The van der Waals surface area contributed by atoms with Crippen LogP contribution in [0.2, 0.25) is 0 Å². The Balaban J connectivity index is 1.87. The highest BCUT2D eigenvalue weighted by Gasteiger charge is 2.19. The van der Waals surface area contributed by atoms with Gasteiger partial charge in [-0.1, -0.05) is 36.4 Å². The number of hydrogen-bond donors (Lipinski definition) is 2. The lowest BCUT2D eigenvalue weighted by molar-refractivity contribution is 0.0526. The van der Waals surface area contributed by atoms with Gasteiger partial charge in [-0.3, -0.25) is 9.52 Å². The van der Waals surface area contributed by atoms with Gasteiger partial charge in [0, 0.05) is 5.69 Å². The molecule has 0 aliphatic rings. The van der Waals surface area contributed by atoms with Crippen LogP contribution >= 0.6 is 0 Å². The molecule has 160 valence electrons. The molecule has 0 aromatic heterocycles. The standard InChI is InChI=1S/C23H22N2O5S/c1-3-30-23(27)17-14-13-16(2)21(15-17)24-22(26)19-11-7-8-12-20(19)25-31(28,29)18-9-5-4-6-10-18/h4-15,25H,3H2,1-2H3,(H,24,26). The van der Waals surface area contributed by atoms with Crippen LogP contribution in [0, 0.1) is 6.92 Å². The van der Waals surface area contributed by atoms with E-state index in [0.717, 1.165) is 5.56 Å². The van der Waals surface area contributed by atoms with E-state index in [1.807, 2.05) is 0 Å². The number of carbonyl (C=O) groups excluding carboxylic acids is 2. The Labute approximate surface area is 181 Å². The summed E-state index contributed by atoms with van der Waals surface area (Å²) in [4.78, 5) is 25.0. The van der Waals surface area contributed by atoms with E-state index in [9.17, 15) is 18.0 Å². The largest absolute Gasteiger partial charge is 0.462 e. The van der Waals surface area contributed by atoms with Crippen LogP contribution in [0.15, 0.2) is 77.7 Å². The van der Waals surface area contributed by atoms with E-state index in [1.54, 1.807) is 56.3 Å². The molecule has 0 bridgehead atoms. The lowest BCUT2D eigenvalue weighted by atomic mass is 10.1. The van der Waals surface area contributed by atoms with E-state index < -0.39 is 21.9 Å². The van der Waals surface area contributed by atoms with Crippen molar-refractivity contribution in [2.75, 3.05) is 16.6 Å². The van der Waals surface area contributed by atoms with E-state index >= 15 is 0 Å². The second-order valence-corrected chi connectivity index (χ2v) is 8.35. The molecule has 0 aliphatic carbocycles. The summed E-state index contributed by atoms with van der Waals surface area (Å²) in [6, 6.07) is 19.0. The third kappa shape index (κ3) is 5.29. The average Bonchev–Trinajstić information content (AvgIpc) is 2.76. The first kappa shape index (κ1) is 22.0. The van der Waals surface area contributed by atoms with E-state index in [-0.39, 0.29) is 22.8 Å².